The van der Waals surface area contributed by atoms with Crippen molar-refractivity contribution in [2.24, 2.45) is 17.8 Å². The molecule has 3 aliphatic heterocycles. The highest BCUT2D eigenvalue weighted by Gasteiger charge is 2.41. The number of carbonyl (C=O) groups excluding carboxylic acids is 3. The number of Topliss-reactive ketones (excluding diaryl/α,β-unsaturated/α-hetero) is 2. The lowest BCUT2D eigenvalue weighted by Crippen LogP contribution is -2.38. The highest BCUT2D eigenvalue weighted by atomic mass is 16.6. The van der Waals surface area contributed by atoms with E-state index >= 15 is 0 Å². The van der Waals surface area contributed by atoms with Crippen molar-refractivity contribution in [1.82, 2.24) is 0 Å². The molecule has 10 nitrogen and oxygen atoms in total. The molecule has 0 saturated carbocycles. The van der Waals surface area contributed by atoms with Gasteiger partial charge in [-0.15, -0.1) is 0 Å². The monoisotopic (exact) mass is 714 g/mol. The molecule has 0 aromatic rings. The number of hydrogen-bond donors (Lipinski definition) is 4. The first-order valence-corrected chi connectivity index (χ1v) is 18.7. The van der Waals surface area contributed by atoms with E-state index in [9.17, 15) is 34.8 Å². The van der Waals surface area contributed by atoms with Crippen LogP contribution in [0.15, 0.2) is 59.8 Å². The first kappa shape index (κ1) is 42.7. The number of hydrogen-bond acceptors (Lipinski definition) is 10. The van der Waals surface area contributed by atoms with E-state index in [2.05, 4.69) is 20.1 Å². The van der Waals surface area contributed by atoms with Gasteiger partial charge >= 0.3 is 5.97 Å². The molecule has 0 aliphatic carbocycles. The van der Waals surface area contributed by atoms with Crippen LogP contribution in [-0.2, 0) is 28.6 Å². The lowest BCUT2D eigenvalue weighted by atomic mass is 9.87. The average molecular weight is 715 g/mol. The summed E-state index contributed by atoms with van der Waals surface area (Å²) in [5.41, 5.74) is 2.34. The fourth-order valence-corrected chi connectivity index (χ4v) is 7.01. The molecule has 4 bridgehead atoms. The van der Waals surface area contributed by atoms with Gasteiger partial charge in [0.25, 0.3) is 0 Å². The van der Waals surface area contributed by atoms with Crippen LogP contribution in [0.4, 0.5) is 0 Å². The minimum Gasteiger partial charge on any atom is -0.455 e. The number of carbonyl (C=O) groups is 3. The minimum atomic E-state index is -1.36. The van der Waals surface area contributed by atoms with Crippen LogP contribution in [0.25, 0.3) is 0 Å². The molecule has 2 fully saturated rings. The molecule has 0 spiro atoms. The van der Waals surface area contributed by atoms with Gasteiger partial charge < -0.3 is 34.6 Å². The molecule has 4 N–H and O–H groups in total. The summed E-state index contributed by atoms with van der Waals surface area (Å²) in [4.78, 5) is 39.5. The Morgan fingerprint density at radius 1 is 1.00 bits per heavy atom. The summed E-state index contributed by atoms with van der Waals surface area (Å²) in [6.07, 6.45) is 3.42. The van der Waals surface area contributed by atoms with Crippen molar-refractivity contribution in [2.75, 3.05) is 0 Å². The molecule has 3 heterocycles. The van der Waals surface area contributed by atoms with E-state index in [0.29, 0.717) is 30.4 Å². The van der Waals surface area contributed by atoms with Crippen molar-refractivity contribution in [1.29, 1.82) is 0 Å². The van der Waals surface area contributed by atoms with Gasteiger partial charge in [0.1, 0.15) is 29.9 Å². The van der Waals surface area contributed by atoms with E-state index in [1.165, 1.54) is 0 Å². The third kappa shape index (κ3) is 12.4. The second kappa shape index (κ2) is 19.9. The summed E-state index contributed by atoms with van der Waals surface area (Å²) in [7, 11) is 0. The number of ketones is 2. The summed E-state index contributed by atoms with van der Waals surface area (Å²) >= 11 is 0. The van der Waals surface area contributed by atoms with Crippen LogP contribution in [0.2, 0.25) is 0 Å². The highest BCUT2D eigenvalue weighted by Crippen LogP contribution is 2.34. The zero-order valence-corrected chi connectivity index (χ0v) is 31.5. The standard InChI is InChI=1S/C41H62O10/c1-9-10-12-23(2)39(46)24(3)13-11-14-34-35-16-15-31(49-35)20-30(42)18-26(5)32(43)21-33(44)29(8)25(4)17-28(7)40(47)41(48)37-19-27(6)36(50-37)22-38(45)51-34/h11,13-14,17,26-27,29,31,33-37,39-41,44,46-48H,2,7,9-10,12,15-16,18-22H2,1,3-6,8H3/b14-11+,24-13+,25-17+/t26-,27+,29+,31+,33-,34?,35+,36-,37+,39-,40+,41-/m0/s1. The average Bonchev–Trinajstić information content (AvgIpc) is 3.70. The van der Waals surface area contributed by atoms with Crippen LogP contribution >= 0.6 is 0 Å². The minimum absolute atomic E-state index is 0.0230. The molecular formula is C41H62O10. The SMILES string of the molecule is C=C1/C=C(\C)[C@@H](C)[C@@H](O)CC(=O)[C@@H](C)CC(=O)C[C@H]2CC[C@@H](O2)C(/C=C/C=C(\C)[C@@H](O)C(=C)CCCC)OC(=O)C[C@@H]2O[C@H](C[C@H]2C)[C@H](O)[C@@H]1O. The largest absolute Gasteiger partial charge is 0.455 e. The number of esters is 1. The number of cyclic esters (lactones) is 1. The lowest BCUT2D eigenvalue weighted by Gasteiger charge is -2.26. The molecule has 1 unspecified atom stereocenters. The Labute approximate surface area is 304 Å². The third-order valence-corrected chi connectivity index (χ3v) is 10.8. The van der Waals surface area contributed by atoms with E-state index < -0.39 is 72.7 Å². The maximum absolute atomic E-state index is 13.4. The zero-order chi connectivity index (χ0) is 38.0. The summed E-state index contributed by atoms with van der Waals surface area (Å²) in [6, 6.07) is 0. The van der Waals surface area contributed by atoms with E-state index in [1.54, 1.807) is 45.1 Å². The molecule has 12 atom stereocenters. The summed E-state index contributed by atoms with van der Waals surface area (Å²) < 4.78 is 18.3. The van der Waals surface area contributed by atoms with E-state index in [1.807, 2.05) is 13.8 Å². The fraction of sp³-hybridized carbons (Fsp3) is 0.683. The molecule has 0 radical (unpaired) electrons. The van der Waals surface area contributed by atoms with E-state index in [0.717, 1.165) is 24.8 Å². The maximum atomic E-state index is 13.4. The van der Waals surface area contributed by atoms with Crippen LogP contribution in [0, 0.1) is 17.8 Å². The number of rotatable bonds is 7. The second-order valence-electron chi connectivity index (χ2n) is 15.2. The fourth-order valence-electron chi connectivity index (χ4n) is 7.01. The Morgan fingerprint density at radius 2 is 1.71 bits per heavy atom. The second-order valence-corrected chi connectivity index (χ2v) is 15.2. The molecule has 51 heavy (non-hydrogen) atoms. The number of aliphatic hydroxyl groups excluding tert-OH is 4. The molecule has 3 aliphatic rings. The number of fused-ring (bicyclic) bond motifs is 4. The summed E-state index contributed by atoms with van der Waals surface area (Å²) in [5, 5.41) is 43.6. The highest BCUT2D eigenvalue weighted by molar-refractivity contribution is 5.88. The van der Waals surface area contributed by atoms with Crippen LogP contribution in [0.5, 0.6) is 0 Å². The Morgan fingerprint density at radius 3 is 2.39 bits per heavy atom. The topological polar surface area (TPSA) is 160 Å². The van der Waals surface area contributed by atoms with Gasteiger partial charge in [0.2, 0.25) is 0 Å². The summed E-state index contributed by atoms with van der Waals surface area (Å²) in [5.74, 6) is -2.02. The third-order valence-electron chi connectivity index (χ3n) is 10.8. The normalized spacial score (nSPS) is 37.3. The summed E-state index contributed by atoms with van der Waals surface area (Å²) in [6.45, 7) is 19.0. The van der Waals surface area contributed by atoms with Crippen LogP contribution < -0.4 is 0 Å². The zero-order valence-electron chi connectivity index (χ0n) is 31.5. The van der Waals surface area contributed by atoms with Gasteiger partial charge in [-0.05, 0) is 74.7 Å². The van der Waals surface area contributed by atoms with Gasteiger partial charge in [-0.1, -0.05) is 71.1 Å². The first-order valence-electron chi connectivity index (χ1n) is 18.7. The van der Waals surface area contributed by atoms with Crippen molar-refractivity contribution < 1.29 is 49.0 Å². The van der Waals surface area contributed by atoms with E-state index in [-0.39, 0.29) is 48.7 Å². The van der Waals surface area contributed by atoms with Gasteiger partial charge in [0.05, 0.1) is 43.0 Å². The van der Waals surface area contributed by atoms with Crippen molar-refractivity contribution in [3.8, 4) is 0 Å². The first-order chi connectivity index (χ1) is 24.0. The molecule has 0 aromatic carbocycles. The van der Waals surface area contributed by atoms with Gasteiger partial charge in [-0.2, -0.15) is 0 Å². The Bertz CT molecular complexity index is 1330. The predicted molar refractivity (Wildman–Crippen MR) is 196 cm³/mol. The Kier molecular flexibility index (Phi) is 16.7. The number of ether oxygens (including phenoxy) is 3. The van der Waals surface area contributed by atoms with Gasteiger partial charge in [-0.25, -0.2) is 0 Å². The Hall–Kier alpha value is -2.73. The van der Waals surface area contributed by atoms with Crippen molar-refractivity contribution in [3.05, 3.63) is 59.8 Å². The Balaban J connectivity index is 1.85. The maximum Gasteiger partial charge on any atom is 0.309 e. The van der Waals surface area contributed by atoms with Gasteiger partial charge in [0, 0.05) is 31.1 Å². The number of aliphatic hydroxyl groups is 4. The molecule has 0 amide bonds. The van der Waals surface area contributed by atoms with E-state index in [4.69, 9.17) is 14.2 Å². The molecule has 10 heteroatoms. The van der Waals surface area contributed by atoms with Crippen LogP contribution in [-0.4, -0.2) is 92.9 Å². The quantitative estimate of drug-likeness (QED) is 0.152. The van der Waals surface area contributed by atoms with Crippen molar-refractivity contribution in [2.45, 2.75) is 161 Å². The molecular weight excluding hydrogens is 652 g/mol. The molecule has 286 valence electrons. The van der Waals surface area contributed by atoms with Crippen LogP contribution in [0.3, 0.4) is 0 Å². The number of unbranched alkanes of at least 4 members (excludes halogenated alkanes) is 1. The van der Waals surface area contributed by atoms with Crippen LogP contribution in [0.1, 0.15) is 106 Å². The molecule has 0 aromatic heterocycles. The van der Waals surface area contributed by atoms with Gasteiger partial charge in [0.15, 0.2) is 0 Å². The van der Waals surface area contributed by atoms with Crippen molar-refractivity contribution in [3.63, 3.8) is 0 Å². The lowest BCUT2D eigenvalue weighted by molar-refractivity contribution is -0.158. The molecule has 3 rings (SSSR count). The van der Waals surface area contributed by atoms with Gasteiger partial charge in [-0.3, -0.25) is 14.4 Å². The molecule has 2 saturated heterocycles. The smallest absolute Gasteiger partial charge is 0.309 e. The van der Waals surface area contributed by atoms with Crippen molar-refractivity contribution >= 4 is 17.5 Å². The predicted octanol–water partition coefficient (Wildman–Crippen LogP) is 5.42. The number of allylic oxidation sites excluding steroid dienone is 2.